The molecule has 3 aromatic carbocycles. The van der Waals surface area contributed by atoms with E-state index in [2.05, 4.69) is 0 Å². The molecule has 3 aromatic rings. The molecule has 33 heavy (non-hydrogen) atoms. The molecule has 0 spiro atoms. The average molecular weight is 439 g/mol. The lowest BCUT2D eigenvalue weighted by atomic mass is 9.92. The van der Waals surface area contributed by atoms with E-state index >= 15 is 0 Å². The monoisotopic (exact) mass is 439 g/mol. The van der Waals surface area contributed by atoms with Crippen molar-refractivity contribution in [1.82, 2.24) is 4.90 Å². The summed E-state index contributed by atoms with van der Waals surface area (Å²) in [5, 5.41) is 0. The van der Waals surface area contributed by atoms with Crippen molar-refractivity contribution in [3.63, 3.8) is 0 Å². The first-order chi connectivity index (χ1) is 16.1. The number of fused-ring (bicyclic) bond motifs is 3. The van der Waals surface area contributed by atoms with E-state index in [1.54, 1.807) is 42.5 Å². The van der Waals surface area contributed by atoms with Crippen LogP contribution in [0.4, 0.5) is 0 Å². The molecular formula is C27H21NO5. The molecule has 0 saturated carbocycles. The molecule has 0 bridgehead atoms. The molecular weight excluding hydrogens is 418 g/mol. The minimum absolute atomic E-state index is 0.255. The maximum absolute atomic E-state index is 12.7. The van der Waals surface area contributed by atoms with Crippen LogP contribution in [0.15, 0.2) is 72.8 Å². The van der Waals surface area contributed by atoms with E-state index in [4.69, 9.17) is 9.47 Å². The number of amides is 2. The standard InChI is InChI=1S/C27H21NO5/c1-32-27(31)17-12-13-24-23(15-17)20(19-8-3-2-7-18(19)16-33-24)11-6-14-28-25(29)21-9-4-5-10-22(21)26(28)30/h2-5,7-13,15H,6,14,16H2,1H3/b20-11+. The van der Waals surface area contributed by atoms with Crippen molar-refractivity contribution < 1.29 is 23.9 Å². The highest BCUT2D eigenvalue weighted by Crippen LogP contribution is 2.38. The molecule has 0 radical (unpaired) electrons. The molecule has 0 aliphatic carbocycles. The van der Waals surface area contributed by atoms with Gasteiger partial charge in [0.05, 0.1) is 23.8 Å². The van der Waals surface area contributed by atoms with Crippen LogP contribution in [-0.4, -0.2) is 36.3 Å². The SMILES string of the molecule is COC(=O)c1ccc2c(c1)/C(=C/CCN1C(=O)c3ccccc3C1=O)c1ccccc1CO2. The van der Waals surface area contributed by atoms with Crippen molar-refractivity contribution in [1.29, 1.82) is 0 Å². The first-order valence-corrected chi connectivity index (χ1v) is 10.7. The smallest absolute Gasteiger partial charge is 0.337 e. The zero-order valence-corrected chi connectivity index (χ0v) is 18.0. The van der Waals surface area contributed by atoms with Gasteiger partial charge in [-0.25, -0.2) is 4.79 Å². The zero-order chi connectivity index (χ0) is 22.9. The van der Waals surface area contributed by atoms with Gasteiger partial charge in [0.25, 0.3) is 11.8 Å². The van der Waals surface area contributed by atoms with Gasteiger partial charge in [0.1, 0.15) is 12.4 Å². The van der Waals surface area contributed by atoms with Gasteiger partial charge in [0, 0.05) is 12.1 Å². The van der Waals surface area contributed by atoms with Crippen LogP contribution in [0.1, 0.15) is 54.2 Å². The predicted molar refractivity (Wildman–Crippen MR) is 122 cm³/mol. The Morgan fingerprint density at radius 1 is 0.939 bits per heavy atom. The Labute approximate surface area is 191 Å². The minimum Gasteiger partial charge on any atom is -0.488 e. The summed E-state index contributed by atoms with van der Waals surface area (Å²) in [5.41, 5.74) is 4.96. The van der Waals surface area contributed by atoms with Gasteiger partial charge < -0.3 is 9.47 Å². The third-order valence-corrected chi connectivity index (χ3v) is 5.96. The molecule has 164 valence electrons. The summed E-state index contributed by atoms with van der Waals surface area (Å²) in [6, 6.07) is 20.0. The molecule has 0 fully saturated rings. The van der Waals surface area contributed by atoms with Crippen LogP contribution < -0.4 is 4.74 Å². The van der Waals surface area contributed by atoms with E-state index < -0.39 is 5.97 Å². The largest absolute Gasteiger partial charge is 0.488 e. The molecule has 2 aliphatic heterocycles. The van der Waals surface area contributed by atoms with Gasteiger partial charge in [0.2, 0.25) is 0 Å². The second kappa shape index (κ2) is 8.39. The van der Waals surface area contributed by atoms with E-state index in [1.165, 1.54) is 12.0 Å². The number of nitrogens with zero attached hydrogens (tertiary/aromatic N) is 1. The summed E-state index contributed by atoms with van der Waals surface area (Å²) in [6.07, 6.45) is 2.45. The molecule has 0 aromatic heterocycles. The highest BCUT2D eigenvalue weighted by molar-refractivity contribution is 6.21. The molecule has 0 N–H and O–H groups in total. The lowest BCUT2D eigenvalue weighted by Crippen LogP contribution is -2.30. The number of imide groups is 1. The van der Waals surface area contributed by atoms with Gasteiger partial charge in [-0.15, -0.1) is 0 Å². The average Bonchev–Trinajstić information content (AvgIpc) is 3.00. The van der Waals surface area contributed by atoms with Crippen molar-refractivity contribution in [2.75, 3.05) is 13.7 Å². The first kappa shape index (κ1) is 20.7. The van der Waals surface area contributed by atoms with Crippen LogP contribution in [0.5, 0.6) is 5.75 Å². The first-order valence-electron chi connectivity index (χ1n) is 10.7. The fourth-order valence-electron chi connectivity index (χ4n) is 4.32. The normalized spacial score (nSPS) is 15.4. The number of carbonyl (C=O) groups excluding carboxylic acids is 3. The Balaban J connectivity index is 1.50. The lowest BCUT2D eigenvalue weighted by molar-refractivity contribution is 0.0598. The molecule has 6 nitrogen and oxygen atoms in total. The third kappa shape index (κ3) is 3.59. The molecule has 0 unspecified atom stereocenters. The fourth-order valence-corrected chi connectivity index (χ4v) is 4.32. The van der Waals surface area contributed by atoms with E-state index in [1.807, 2.05) is 30.3 Å². The number of hydrogen-bond acceptors (Lipinski definition) is 5. The number of methoxy groups -OCH3 is 1. The summed E-state index contributed by atoms with van der Waals surface area (Å²) in [5.74, 6) is -0.314. The number of hydrogen-bond donors (Lipinski definition) is 0. The Bertz CT molecular complexity index is 1290. The van der Waals surface area contributed by atoms with E-state index in [-0.39, 0.29) is 18.4 Å². The maximum atomic E-state index is 12.7. The quantitative estimate of drug-likeness (QED) is 0.443. The van der Waals surface area contributed by atoms with Crippen LogP contribution in [-0.2, 0) is 11.3 Å². The number of benzene rings is 3. The Kier molecular flexibility index (Phi) is 5.26. The van der Waals surface area contributed by atoms with Crippen molar-refractivity contribution in [3.8, 4) is 5.75 Å². The molecule has 0 atom stereocenters. The van der Waals surface area contributed by atoms with Crippen LogP contribution >= 0.6 is 0 Å². The molecule has 2 heterocycles. The van der Waals surface area contributed by atoms with Gasteiger partial charge in [-0.3, -0.25) is 14.5 Å². The molecule has 2 aliphatic rings. The Hall–Kier alpha value is -4.19. The van der Waals surface area contributed by atoms with Crippen molar-refractivity contribution >= 4 is 23.4 Å². The topological polar surface area (TPSA) is 72.9 Å². The summed E-state index contributed by atoms with van der Waals surface area (Å²) in [4.78, 5) is 38.8. The molecule has 0 saturated heterocycles. The summed E-state index contributed by atoms with van der Waals surface area (Å²) in [7, 11) is 1.35. The van der Waals surface area contributed by atoms with Crippen molar-refractivity contribution in [2.45, 2.75) is 13.0 Å². The second-order valence-electron chi connectivity index (χ2n) is 7.86. The van der Waals surface area contributed by atoms with Gasteiger partial charge in [0.15, 0.2) is 0 Å². The number of esters is 1. The molecule has 5 rings (SSSR count). The van der Waals surface area contributed by atoms with Crippen LogP contribution in [0.25, 0.3) is 5.57 Å². The Morgan fingerprint density at radius 2 is 1.61 bits per heavy atom. The molecule has 2 amide bonds. The number of ether oxygens (including phenoxy) is 2. The van der Waals surface area contributed by atoms with Gasteiger partial charge in [-0.05, 0) is 53.5 Å². The van der Waals surface area contributed by atoms with Crippen LogP contribution in [0, 0.1) is 0 Å². The highest BCUT2D eigenvalue weighted by Gasteiger charge is 2.34. The van der Waals surface area contributed by atoms with E-state index in [0.717, 1.165) is 22.3 Å². The highest BCUT2D eigenvalue weighted by atomic mass is 16.5. The van der Waals surface area contributed by atoms with Crippen LogP contribution in [0.3, 0.4) is 0 Å². The van der Waals surface area contributed by atoms with Crippen molar-refractivity contribution in [3.05, 3.63) is 106 Å². The fraction of sp³-hybridized carbons (Fsp3) is 0.148. The van der Waals surface area contributed by atoms with Crippen molar-refractivity contribution in [2.24, 2.45) is 0 Å². The predicted octanol–water partition coefficient (Wildman–Crippen LogP) is 4.48. The summed E-state index contributed by atoms with van der Waals surface area (Å²) < 4.78 is 10.9. The van der Waals surface area contributed by atoms with E-state index in [0.29, 0.717) is 35.5 Å². The van der Waals surface area contributed by atoms with Crippen LogP contribution in [0.2, 0.25) is 0 Å². The van der Waals surface area contributed by atoms with E-state index in [9.17, 15) is 14.4 Å². The number of rotatable bonds is 4. The third-order valence-electron chi connectivity index (χ3n) is 5.96. The van der Waals surface area contributed by atoms with Gasteiger partial charge in [-0.1, -0.05) is 42.5 Å². The lowest BCUT2D eigenvalue weighted by Gasteiger charge is -2.15. The maximum Gasteiger partial charge on any atom is 0.337 e. The van der Waals surface area contributed by atoms with Gasteiger partial charge >= 0.3 is 5.97 Å². The molecule has 6 heteroatoms. The van der Waals surface area contributed by atoms with Gasteiger partial charge in [-0.2, -0.15) is 0 Å². The second-order valence-corrected chi connectivity index (χ2v) is 7.86. The minimum atomic E-state index is -0.430. The zero-order valence-electron chi connectivity index (χ0n) is 18.0. The summed E-state index contributed by atoms with van der Waals surface area (Å²) in [6.45, 7) is 0.654. The number of carbonyl (C=O) groups is 3. The Morgan fingerprint density at radius 3 is 2.30 bits per heavy atom. The summed E-state index contributed by atoms with van der Waals surface area (Å²) >= 11 is 0.